The Morgan fingerprint density at radius 2 is 2.00 bits per heavy atom. The Bertz CT molecular complexity index is 787. The molecule has 0 radical (unpaired) electrons. The quantitative estimate of drug-likeness (QED) is 0.271. The number of likely N-dealkylation sites (N-methyl/N-ethyl adjacent to an activating group) is 1. The van der Waals surface area contributed by atoms with Crippen LogP contribution in [-0.4, -0.2) is 56.6 Å². The van der Waals surface area contributed by atoms with Gasteiger partial charge in [0, 0.05) is 25.5 Å². The van der Waals surface area contributed by atoms with Crippen molar-refractivity contribution in [2.45, 2.75) is 25.9 Å². The van der Waals surface area contributed by atoms with Crippen LogP contribution in [0.2, 0.25) is 0 Å². The average molecular weight is 548 g/mol. The molecule has 1 amide bonds. The summed E-state index contributed by atoms with van der Waals surface area (Å²) >= 11 is 1.70. The fraction of sp³-hybridized carbons (Fsp3) is 0.429. The highest BCUT2D eigenvalue weighted by molar-refractivity contribution is 14.0. The highest BCUT2D eigenvalue weighted by Crippen LogP contribution is 2.17. The minimum Gasteiger partial charge on any atom is -0.486 e. The van der Waals surface area contributed by atoms with E-state index in [9.17, 15) is 9.18 Å². The Kier molecular flexibility index (Phi) is 12.4. The summed E-state index contributed by atoms with van der Waals surface area (Å²) in [6.45, 7) is 3.15. The summed E-state index contributed by atoms with van der Waals surface area (Å²) in [5.41, 5.74) is 0. The maximum Gasteiger partial charge on any atom is 0.243 e. The van der Waals surface area contributed by atoms with Crippen molar-refractivity contribution in [1.82, 2.24) is 15.5 Å². The number of rotatable bonds is 10. The smallest absolute Gasteiger partial charge is 0.243 e. The molecule has 0 saturated heterocycles. The van der Waals surface area contributed by atoms with Gasteiger partial charge in [0.2, 0.25) is 5.91 Å². The van der Waals surface area contributed by atoms with Gasteiger partial charge in [-0.15, -0.1) is 35.3 Å². The number of thiophene rings is 1. The minimum atomic E-state index is -0.384. The Morgan fingerprint density at radius 1 is 1.23 bits per heavy atom. The number of benzene rings is 1. The molecule has 6 nitrogen and oxygen atoms in total. The third-order valence-electron chi connectivity index (χ3n) is 4.20. The molecule has 30 heavy (non-hydrogen) atoms. The molecule has 166 valence electrons. The van der Waals surface area contributed by atoms with Crippen LogP contribution in [0.25, 0.3) is 0 Å². The molecule has 1 heterocycles. The zero-order valence-corrected chi connectivity index (χ0v) is 20.7. The van der Waals surface area contributed by atoms with Crippen LogP contribution in [0.1, 0.15) is 18.2 Å². The van der Waals surface area contributed by atoms with Gasteiger partial charge in [0.25, 0.3) is 0 Å². The molecule has 2 rings (SSSR count). The van der Waals surface area contributed by atoms with E-state index in [2.05, 4.69) is 21.7 Å². The van der Waals surface area contributed by atoms with E-state index in [4.69, 9.17) is 4.74 Å². The average Bonchev–Trinajstić information content (AvgIpc) is 3.23. The summed E-state index contributed by atoms with van der Waals surface area (Å²) in [7, 11) is 3.40. The van der Waals surface area contributed by atoms with Crippen LogP contribution in [0.4, 0.5) is 4.39 Å². The summed E-state index contributed by atoms with van der Waals surface area (Å²) < 4.78 is 19.6. The number of nitrogens with zero attached hydrogens (tertiary/aromatic N) is 2. The first-order valence-corrected chi connectivity index (χ1v) is 10.5. The van der Waals surface area contributed by atoms with E-state index in [0.29, 0.717) is 25.5 Å². The number of ether oxygens (including phenoxy) is 1. The number of aliphatic imine (C=N–C) groups is 1. The molecular formula is C21H30FIN4O2S. The molecular weight excluding hydrogens is 518 g/mol. The van der Waals surface area contributed by atoms with E-state index >= 15 is 0 Å². The van der Waals surface area contributed by atoms with Gasteiger partial charge in [-0.2, -0.15) is 0 Å². The Balaban J connectivity index is 0.00000450. The number of hydrogen-bond acceptors (Lipinski definition) is 4. The fourth-order valence-corrected chi connectivity index (χ4v) is 3.13. The lowest BCUT2D eigenvalue weighted by atomic mass is 10.2. The molecule has 1 unspecified atom stereocenters. The predicted molar refractivity (Wildman–Crippen MR) is 132 cm³/mol. The van der Waals surface area contributed by atoms with Crippen molar-refractivity contribution in [1.29, 1.82) is 0 Å². The van der Waals surface area contributed by atoms with Crippen LogP contribution in [0, 0.1) is 5.82 Å². The van der Waals surface area contributed by atoms with E-state index in [1.54, 1.807) is 43.6 Å². The number of para-hydroxylation sites is 1. The number of hydrogen-bond donors (Lipinski definition) is 2. The topological polar surface area (TPSA) is 66.0 Å². The van der Waals surface area contributed by atoms with Gasteiger partial charge in [-0.1, -0.05) is 25.1 Å². The van der Waals surface area contributed by atoms with Crippen molar-refractivity contribution in [2.75, 3.05) is 33.7 Å². The Hall–Kier alpha value is -1.88. The van der Waals surface area contributed by atoms with Crippen LogP contribution in [0.15, 0.2) is 46.8 Å². The maximum atomic E-state index is 13.8. The van der Waals surface area contributed by atoms with Crippen LogP contribution >= 0.6 is 35.3 Å². The van der Waals surface area contributed by atoms with E-state index in [1.807, 2.05) is 18.4 Å². The van der Waals surface area contributed by atoms with Crippen molar-refractivity contribution in [3.05, 3.63) is 52.5 Å². The second-order valence-corrected chi connectivity index (χ2v) is 7.70. The van der Waals surface area contributed by atoms with Crippen molar-refractivity contribution in [3.63, 3.8) is 0 Å². The summed E-state index contributed by atoms with van der Waals surface area (Å²) in [5, 5.41) is 8.51. The molecule has 1 aromatic heterocycles. The first kappa shape index (κ1) is 26.2. The van der Waals surface area contributed by atoms with Gasteiger partial charge in [0.1, 0.15) is 12.6 Å². The third-order valence-corrected chi connectivity index (χ3v) is 5.13. The molecule has 0 fully saturated rings. The lowest BCUT2D eigenvalue weighted by Gasteiger charge is -2.20. The van der Waals surface area contributed by atoms with Crippen molar-refractivity contribution in [2.24, 2.45) is 4.99 Å². The fourth-order valence-electron chi connectivity index (χ4n) is 2.42. The summed E-state index contributed by atoms with van der Waals surface area (Å²) in [6, 6.07) is 10.5. The molecule has 0 aliphatic carbocycles. The Labute approximate surface area is 198 Å². The van der Waals surface area contributed by atoms with E-state index < -0.39 is 0 Å². The predicted octanol–water partition coefficient (Wildman–Crippen LogP) is 3.53. The number of amides is 1. The SMILES string of the molecule is CCC(CNC(=NCC(=O)N(C)C)NCCc1cccs1)Oc1ccccc1F.I. The van der Waals surface area contributed by atoms with Crippen molar-refractivity contribution < 1.29 is 13.9 Å². The van der Waals surface area contributed by atoms with Crippen molar-refractivity contribution >= 4 is 47.2 Å². The molecule has 0 aliphatic heterocycles. The third kappa shape index (κ3) is 9.29. The molecule has 0 saturated carbocycles. The first-order chi connectivity index (χ1) is 14.0. The largest absolute Gasteiger partial charge is 0.486 e. The highest BCUT2D eigenvalue weighted by Gasteiger charge is 2.12. The first-order valence-electron chi connectivity index (χ1n) is 9.65. The van der Waals surface area contributed by atoms with Gasteiger partial charge in [0.15, 0.2) is 17.5 Å². The minimum absolute atomic E-state index is 0. The van der Waals surface area contributed by atoms with E-state index in [-0.39, 0.29) is 54.1 Å². The number of nitrogens with one attached hydrogen (secondary N) is 2. The summed E-state index contributed by atoms with van der Waals surface area (Å²) in [6.07, 6.45) is 1.32. The molecule has 1 aromatic carbocycles. The summed E-state index contributed by atoms with van der Waals surface area (Å²) in [5.74, 6) is 0.296. The van der Waals surface area contributed by atoms with Gasteiger partial charge < -0.3 is 20.3 Å². The van der Waals surface area contributed by atoms with Crippen LogP contribution in [0.3, 0.4) is 0 Å². The molecule has 2 N–H and O–H groups in total. The van der Waals surface area contributed by atoms with Crippen LogP contribution in [-0.2, 0) is 11.2 Å². The monoisotopic (exact) mass is 548 g/mol. The van der Waals surface area contributed by atoms with Gasteiger partial charge >= 0.3 is 0 Å². The van der Waals surface area contributed by atoms with Crippen LogP contribution in [0.5, 0.6) is 5.75 Å². The second kappa shape index (κ2) is 14.2. The maximum absolute atomic E-state index is 13.8. The van der Waals surface area contributed by atoms with Gasteiger partial charge in [-0.05, 0) is 36.4 Å². The number of carbonyl (C=O) groups excluding carboxylic acids is 1. The molecule has 0 aliphatic rings. The number of halogens is 2. The normalized spacial score (nSPS) is 11.9. The second-order valence-electron chi connectivity index (χ2n) is 6.67. The van der Waals surface area contributed by atoms with E-state index in [1.165, 1.54) is 15.8 Å². The van der Waals surface area contributed by atoms with E-state index in [0.717, 1.165) is 6.42 Å². The van der Waals surface area contributed by atoms with Gasteiger partial charge in [-0.3, -0.25) is 4.79 Å². The molecule has 1 atom stereocenters. The molecule has 2 aromatic rings. The number of guanidine groups is 1. The van der Waals surface area contributed by atoms with Gasteiger partial charge in [0.05, 0.1) is 6.54 Å². The zero-order chi connectivity index (χ0) is 21.1. The van der Waals surface area contributed by atoms with Crippen LogP contribution < -0.4 is 15.4 Å². The molecule has 0 bridgehead atoms. The highest BCUT2D eigenvalue weighted by atomic mass is 127. The number of carbonyl (C=O) groups is 1. The van der Waals surface area contributed by atoms with Gasteiger partial charge in [-0.25, -0.2) is 9.38 Å². The zero-order valence-electron chi connectivity index (χ0n) is 17.6. The molecule has 0 spiro atoms. The van der Waals surface area contributed by atoms with Crippen molar-refractivity contribution in [3.8, 4) is 5.75 Å². The Morgan fingerprint density at radius 3 is 2.63 bits per heavy atom. The molecule has 9 heteroatoms. The summed E-state index contributed by atoms with van der Waals surface area (Å²) in [4.78, 5) is 19.0. The lowest BCUT2D eigenvalue weighted by Crippen LogP contribution is -2.43. The standard InChI is InChI=1S/C21H29FN4O2S.HI/c1-4-16(28-19-10-6-5-9-18(19)22)14-24-21(25-15-20(27)26(2)3)23-12-11-17-8-7-13-29-17;/h5-10,13,16H,4,11-12,14-15H2,1-3H3,(H2,23,24,25);1H. The lowest BCUT2D eigenvalue weighted by molar-refractivity contribution is -0.127.